The summed E-state index contributed by atoms with van der Waals surface area (Å²) in [6, 6.07) is 5.07. The third kappa shape index (κ3) is 1.84. The summed E-state index contributed by atoms with van der Waals surface area (Å²) in [6.45, 7) is 0. The van der Waals surface area contributed by atoms with Crippen LogP contribution in [0.4, 0.5) is 0 Å². The number of hydrogen-bond acceptors (Lipinski definition) is 5. The summed E-state index contributed by atoms with van der Waals surface area (Å²) < 4.78 is 4.97. The van der Waals surface area contributed by atoms with Gasteiger partial charge in [0.05, 0.1) is 0 Å². The lowest BCUT2D eigenvalue weighted by molar-refractivity contribution is 0.0944. The lowest BCUT2D eigenvalue weighted by atomic mass is 10.2. The zero-order valence-corrected chi connectivity index (χ0v) is 7.68. The van der Waals surface area contributed by atoms with Gasteiger partial charge in [0.1, 0.15) is 0 Å². The number of hydrogen-bond donors (Lipinski definition) is 2. The van der Waals surface area contributed by atoms with E-state index in [0.717, 1.165) is 5.56 Å². The number of aromatic nitrogens is 2. The van der Waals surface area contributed by atoms with Crippen LogP contribution >= 0.6 is 0 Å². The number of nitrogens with one attached hydrogen (secondary N) is 1. The van der Waals surface area contributed by atoms with Crippen molar-refractivity contribution in [2.24, 2.45) is 5.84 Å². The van der Waals surface area contributed by atoms with Crippen molar-refractivity contribution in [1.82, 2.24) is 15.6 Å². The Kier molecular flexibility index (Phi) is 2.42. The Labute approximate surface area is 85.1 Å². The van der Waals surface area contributed by atoms with Gasteiger partial charge in [-0.3, -0.25) is 15.2 Å². The molecule has 0 spiro atoms. The van der Waals surface area contributed by atoms with Gasteiger partial charge in [0.2, 0.25) is 0 Å². The molecule has 0 aromatic carbocycles. The standard InChI is InChI=1S/C9H8N4O2/c10-12-9(14)7-4-8(15-13-7)6-2-1-3-11-5-6/h1-5H,10H2,(H,12,14). The third-order valence-corrected chi connectivity index (χ3v) is 1.82. The van der Waals surface area contributed by atoms with Crippen LogP contribution in [0.25, 0.3) is 11.3 Å². The lowest BCUT2D eigenvalue weighted by Crippen LogP contribution is -2.30. The molecule has 0 saturated heterocycles. The number of carbonyl (C=O) groups excluding carboxylic acids is 1. The Bertz CT molecular complexity index is 466. The number of pyridine rings is 1. The molecule has 6 heteroatoms. The van der Waals surface area contributed by atoms with E-state index in [9.17, 15) is 4.79 Å². The van der Waals surface area contributed by atoms with Gasteiger partial charge < -0.3 is 4.52 Å². The molecule has 76 valence electrons. The third-order valence-electron chi connectivity index (χ3n) is 1.82. The molecule has 0 aliphatic carbocycles. The van der Waals surface area contributed by atoms with Gasteiger partial charge in [-0.25, -0.2) is 5.84 Å². The first-order valence-corrected chi connectivity index (χ1v) is 4.19. The summed E-state index contributed by atoms with van der Waals surface area (Å²) in [6.07, 6.45) is 3.26. The predicted octanol–water partition coefficient (Wildman–Crippen LogP) is 0.340. The van der Waals surface area contributed by atoms with Gasteiger partial charge >= 0.3 is 0 Å². The largest absolute Gasteiger partial charge is 0.355 e. The van der Waals surface area contributed by atoms with E-state index in [4.69, 9.17) is 10.4 Å². The maximum atomic E-state index is 11.1. The Hall–Kier alpha value is -2.21. The molecular formula is C9H8N4O2. The summed E-state index contributed by atoms with van der Waals surface area (Å²) in [5, 5.41) is 3.57. The van der Waals surface area contributed by atoms with E-state index in [0.29, 0.717) is 5.76 Å². The van der Waals surface area contributed by atoms with E-state index in [1.165, 1.54) is 6.07 Å². The van der Waals surface area contributed by atoms with E-state index in [1.807, 2.05) is 5.43 Å². The minimum Gasteiger partial charge on any atom is -0.355 e. The number of hydrazine groups is 1. The highest BCUT2D eigenvalue weighted by atomic mass is 16.5. The molecule has 0 fully saturated rings. The monoisotopic (exact) mass is 204 g/mol. The highest BCUT2D eigenvalue weighted by Crippen LogP contribution is 2.18. The molecule has 0 radical (unpaired) electrons. The van der Waals surface area contributed by atoms with Gasteiger partial charge in [0.15, 0.2) is 11.5 Å². The van der Waals surface area contributed by atoms with Crippen LogP contribution in [0.3, 0.4) is 0 Å². The number of amides is 1. The fraction of sp³-hybridized carbons (Fsp3) is 0. The molecule has 2 aromatic heterocycles. The molecule has 0 bridgehead atoms. The zero-order valence-electron chi connectivity index (χ0n) is 7.68. The highest BCUT2D eigenvalue weighted by Gasteiger charge is 2.11. The molecule has 2 rings (SSSR count). The van der Waals surface area contributed by atoms with Gasteiger partial charge in [-0.15, -0.1) is 0 Å². The minimum atomic E-state index is -0.492. The molecule has 0 saturated carbocycles. The van der Waals surface area contributed by atoms with Crippen molar-refractivity contribution >= 4 is 5.91 Å². The van der Waals surface area contributed by atoms with Crippen molar-refractivity contribution in [2.45, 2.75) is 0 Å². The number of nitrogen functional groups attached to an aromatic ring is 1. The fourth-order valence-electron chi connectivity index (χ4n) is 1.10. The predicted molar refractivity (Wildman–Crippen MR) is 51.4 cm³/mol. The first-order valence-electron chi connectivity index (χ1n) is 4.19. The molecule has 0 aliphatic rings. The molecule has 0 atom stereocenters. The van der Waals surface area contributed by atoms with Gasteiger partial charge in [0, 0.05) is 24.0 Å². The van der Waals surface area contributed by atoms with Crippen LogP contribution in [0.15, 0.2) is 35.1 Å². The normalized spacial score (nSPS) is 9.93. The first-order chi connectivity index (χ1) is 7.31. The van der Waals surface area contributed by atoms with Gasteiger partial charge in [-0.2, -0.15) is 0 Å². The van der Waals surface area contributed by atoms with Crippen molar-refractivity contribution in [3.8, 4) is 11.3 Å². The van der Waals surface area contributed by atoms with Crippen molar-refractivity contribution < 1.29 is 9.32 Å². The second kappa shape index (κ2) is 3.89. The van der Waals surface area contributed by atoms with E-state index < -0.39 is 5.91 Å². The topological polar surface area (TPSA) is 94.0 Å². The Morgan fingerprint density at radius 1 is 1.53 bits per heavy atom. The van der Waals surface area contributed by atoms with Crippen LogP contribution in [0.1, 0.15) is 10.5 Å². The second-order valence-corrected chi connectivity index (χ2v) is 2.79. The number of carbonyl (C=O) groups is 1. The SMILES string of the molecule is NNC(=O)c1cc(-c2cccnc2)on1. The maximum absolute atomic E-state index is 11.1. The zero-order chi connectivity index (χ0) is 10.7. The fourth-order valence-corrected chi connectivity index (χ4v) is 1.10. The van der Waals surface area contributed by atoms with Gasteiger partial charge in [0.25, 0.3) is 5.91 Å². The quantitative estimate of drug-likeness (QED) is 0.418. The summed E-state index contributed by atoms with van der Waals surface area (Å²) in [5.41, 5.74) is 2.86. The summed E-state index contributed by atoms with van der Waals surface area (Å²) in [4.78, 5) is 15.0. The molecule has 2 aromatic rings. The van der Waals surface area contributed by atoms with Crippen LogP contribution in [0, 0.1) is 0 Å². The molecule has 15 heavy (non-hydrogen) atoms. The van der Waals surface area contributed by atoms with Crippen molar-refractivity contribution in [3.05, 3.63) is 36.3 Å². The average Bonchev–Trinajstić information content (AvgIpc) is 2.78. The van der Waals surface area contributed by atoms with Crippen molar-refractivity contribution in [2.75, 3.05) is 0 Å². The molecule has 3 N–H and O–H groups in total. The Morgan fingerprint density at radius 2 is 2.40 bits per heavy atom. The van der Waals surface area contributed by atoms with E-state index in [2.05, 4.69) is 10.1 Å². The number of rotatable bonds is 2. The minimum absolute atomic E-state index is 0.136. The highest BCUT2D eigenvalue weighted by molar-refractivity contribution is 5.92. The average molecular weight is 204 g/mol. The number of nitrogens with zero attached hydrogens (tertiary/aromatic N) is 2. The van der Waals surface area contributed by atoms with Crippen LogP contribution in [0.5, 0.6) is 0 Å². The van der Waals surface area contributed by atoms with Crippen LogP contribution < -0.4 is 11.3 Å². The van der Waals surface area contributed by atoms with Crippen molar-refractivity contribution in [1.29, 1.82) is 0 Å². The smallest absolute Gasteiger partial charge is 0.287 e. The van der Waals surface area contributed by atoms with Gasteiger partial charge in [-0.05, 0) is 12.1 Å². The van der Waals surface area contributed by atoms with E-state index in [-0.39, 0.29) is 5.69 Å². The van der Waals surface area contributed by atoms with Crippen molar-refractivity contribution in [3.63, 3.8) is 0 Å². The molecule has 0 unspecified atom stereocenters. The summed E-state index contributed by atoms with van der Waals surface area (Å²) in [7, 11) is 0. The molecule has 0 aliphatic heterocycles. The number of nitrogens with two attached hydrogens (primary N) is 1. The first kappa shape index (κ1) is 9.35. The summed E-state index contributed by atoms with van der Waals surface area (Å²) in [5.74, 6) is 4.94. The molecule has 6 nitrogen and oxygen atoms in total. The molecule has 2 heterocycles. The van der Waals surface area contributed by atoms with E-state index >= 15 is 0 Å². The van der Waals surface area contributed by atoms with Crippen LogP contribution in [-0.2, 0) is 0 Å². The van der Waals surface area contributed by atoms with Crippen LogP contribution in [0.2, 0.25) is 0 Å². The maximum Gasteiger partial charge on any atom is 0.287 e. The second-order valence-electron chi connectivity index (χ2n) is 2.79. The Balaban J connectivity index is 2.32. The van der Waals surface area contributed by atoms with Gasteiger partial charge in [-0.1, -0.05) is 5.16 Å². The molecular weight excluding hydrogens is 196 g/mol. The van der Waals surface area contributed by atoms with E-state index in [1.54, 1.807) is 24.5 Å². The van der Waals surface area contributed by atoms with Crippen LogP contribution in [-0.4, -0.2) is 16.0 Å². The Morgan fingerprint density at radius 3 is 3.07 bits per heavy atom. The lowest BCUT2D eigenvalue weighted by Gasteiger charge is -1.91. The molecule has 1 amide bonds. The summed E-state index contributed by atoms with van der Waals surface area (Å²) >= 11 is 0.